The van der Waals surface area contributed by atoms with Gasteiger partial charge in [-0.1, -0.05) is 42.5 Å². The largest absolute Gasteiger partial charge is 0.496 e. The van der Waals surface area contributed by atoms with Crippen molar-refractivity contribution in [1.82, 2.24) is 10.6 Å². The molecular weight excluding hydrogens is 474 g/mol. The maximum Gasteiger partial charge on any atom is 0.412 e. The molecule has 0 aromatic heterocycles. The Kier molecular flexibility index (Phi) is 8.02. The number of nitrogens with one attached hydrogen (secondary N) is 2. The number of ether oxygens (including phenoxy) is 2. The Bertz CT molecular complexity index is 1240. The first-order chi connectivity index (χ1) is 17.9. The number of carbonyl (C=O) groups is 2. The molecule has 0 radical (unpaired) electrons. The van der Waals surface area contributed by atoms with Gasteiger partial charge in [-0.15, -0.1) is 0 Å². The summed E-state index contributed by atoms with van der Waals surface area (Å²) in [6.07, 6.45) is 2.32. The standard InChI is InChI=1S/C28H29N3O6/c1-36-25-10-6-5-9-24(25)26(32)29-19-28(20-7-3-2-4-8-20)17-15-21(16-18-28)30-27(33)37-23-13-11-22(12-14-23)31(34)35/h2-14,21H,15-19H2,1H3,(H,29,32)(H,30,33). The molecule has 0 heterocycles. The average Bonchev–Trinajstić information content (AvgIpc) is 2.93. The van der Waals surface area contributed by atoms with Crippen LogP contribution in [-0.4, -0.2) is 36.6 Å². The van der Waals surface area contributed by atoms with Crippen molar-refractivity contribution < 1.29 is 24.0 Å². The highest BCUT2D eigenvalue weighted by Gasteiger charge is 2.38. The minimum Gasteiger partial charge on any atom is -0.496 e. The second-order valence-electron chi connectivity index (χ2n) is 9.09. The number of benzene rings is 3. The lowest BCUT2D eigenvalue weighted by atomic mass is 9.68. The van der Waals surface area contributed by atoms with Crippen LogP contribution in [0.5, 0.6) is 11.5 Å². The van der Waals surface area contributed by atoms with Crippen LogP contribution in [0.3, 0.4) is 0 Å². The van der Waals surface area contributed by atoms with E-state index in [-0.39, 0.29) is 28.8 Å². The number of nitro groups is 1. The van der Waals surface area contributed by atoms with Crippen LogP contribution < -0.4 is 20.1 Å². The predicted octanol–water partition coefficient (Wildman–Crippen LogP) is 5.00. The van der Waals surface area contributed by atoms with Crippen LogP contribution in [0.15, 0.2) is 78.9 Å². The quantitative estimate of drug-likeness (QED) is 0.330. The summed E-state index contributed by atoms with van der Waals surface area (Å²) in [5, 5.41) is 16.8. The minimum absolute atomic E-state index is 0.0740. The highest BCUT2D eigenvalue weighted by molar-refractivity contribution is 5.97. The summed E-state index contributed by atoms with van der Waals surface area (Å²) in [5.41, 5.74) is 1.27. The first-order valence-electron chi connectivity index (χ1n) is 12.1. The summed E-state index contributed by atoms with van der Waals surface area (Å²) >= 11 is 0. The second-order valence-corrected chi connectivity index (χ2v) is 9.09. The fourth-order valence-corrected chi connectivity index (χ4v) is 4.79. The number of nitrogens with zero attached hydrogens (tertiary/aromatic N) is 1. The summed E-state index contributed by atoms with van der Waals surface area (Å²) in [5.74, 6) is 0.560. The Morgan fingerprint density at radius 1 is 0.973 bits per heavy atom. The van der Waals surface area contributed by atoms with Gasteiger partial charge in [0, 0.05) is 30.1 Å². The molecule has 1 aliphatic carbocycles. The van der Waals surface area contributed by atoms with E-state index in [4.69, 9.17) is 9.47 Å². The molecule has 192 valence electrons. The van der Waals surface area contributed by atoms with Gasteiger partial charge in [0.05, 0.1) is 17.6 Å². The Balaban J connectivity index is 1.39. The lowest BCUT2D eigenvalue weighted by Crippen LogP contribution is -2.48. The number of hydrogen-bond acceptors (Lipinski definition) is 6. The molecule has 9 heteroatoms. The van der Waals surface area contributed by atoms with Crippen LogP contribution in [0.4, 0.5) is 10.5 Å². The Morgan fingerprint density at radius 3 is 2.27 bits per heavy atom. The van der Waals surface area contributed by atoms with Gasteiger partial charge in [-0.3, -0.25) is 14.9 Å². The molecule has 2 amide bonds. The second kappa shape index (κ2) is 11.6. The number of para-hydroxylation sites is 1. The van der Waals surface area contributed by atoms with Crippen molar-refractivity contribution in [3.05, 3.63) is 100 Å². The molecule has 0 saturated heterocycles. The van der Waals surface area contributed by atoms with Crippen molar-refractivity contribution in [1.29, 1.82) is 0 Å². The molecule has 0 unspecified atom stereocenters. The SMILES string of the molecule is COc1ccccc1C(=O)NCC1(c2ccccc2)CCC(NC(=O)Oc2ccc([N+](=O)[O-])cc2)CC1. The van der Waals surface area contributed by atoms with Crippen molar-refractivity contribution in [2.45, 2.75) is 37.1 Å². The average molecular weight is 504 g/mol. The first-order valence-corrected chi connectivity index (χ1v) is 12.1. The van der Waals surface area contributed by atoms with Gasteiger partial charge in [0.15, 0.2) is 0 Å². The molecule has 0 bridgehead atoms. The van der Waals surface area contributed by atoms with E-state index in [9.17, 15) is 19.7 Å². The van der Waals surface area contributed by atoms with Gasteiger partial charge in [0.1, 0.15) is 11.5 Å². The molecule has 3 aromatic carbocycles. The molecule has 37 heavy (non-hydrogen) atoms. The number of methoxy groups -OCH3 is 1. The van der Waals surface area contributed by atoms with Gasteiger partial charge in [-0.25, -0.2) is 4.79 Å². The van der Waals surface area contributed by atoms with Gasteiger partial charge in [-0.05, 0) is 55.5 Å². The van der Waals surface area contributed by atoms with Crippen LogP contribution >= 0.6 is 0 Å². The molecule has 3 aromatic rings. The first kappa shape index (κ1) is 25.7. The van der Waals surface area contributed by atoms with E-state index in [2.05, 4.69) is 22.8 Å². The number of rotatable bonds is 8. The summed E-state index contributed by atoms with van der Waals surface area (Å²) < 4.78 is 10.6. The molecule has 4 rings (SSSR count). The lowest BCUT2D eigenvalue weighted by Gasteiger charge is -2.41. The van der Waals surface area contributed by atoms with Gasteiger partial charge in [0.2, 0.25) is 0 Å². The van der Waals surface area contributed by atoms with Gasteiger partial charge in [-0.2, -0.15) is 0 Å². The Morgan fingerprint density at radius 2 is 1.62 bits per heavy atom. The molecule has 0 aliphatic heterocycles. The molecular formula is C28H29N3O6. The Hall–Kier alpha value is -4.40. The van der Waals surface area contributed by atoms with Crippen molar-refractivity contribution in [3.63, 3.8) is 0 Å². The number of amides is 2. The van der Waals surface area contributed by atoms with E-state index in [1.165, 1.54) is 24.3 Å². The summed E-state index contributed by atoms with van der Waals surface area (Å²) in [7, 11) is 1.54. The third-order valence-corrected chi connectivity index (χ3v) is 6.85. The predicted molar refractivity (Wildman–Crippen MR) is 138 cm³/mol. The molecule has 9 nitrogen and oxygen atoms in total. The fraction of sp³-hybridized carbons (Fsp3) is 0.286. The highest BCUT2D eigenvalue weighted by atomic mass is 16.6. The van der Waals surface area contributed by atoms with Gasteiger partial charge < -0.3 is 20.1 Å². The van der Waals surface area contributed by atoms with Crippen molar-refractivity contribution >= 4 is 17.7 Å². The maximum absolute atomic E-state index is 13.0. The topological polar surface area (TPSA) is 120 Å². The monoisotopic (exact) mass is 503 g/mol. The zero-order chi connectivity index (χ0) is 26.3. The van der Waals surface area contributed by atoms with Crippen LogP contribution in [-0.2, 0) is 5.41 Å². The molecule has 0 atom stereocenters. The van der Waals surface area contributed by atoms with E-state index < -0.39 is 11.0 Å². The molecule has 1 aliphatic rings. The molecule has 0 spiro atoms. The van der Waals surface area contributed by atoms with E-state index in [1.807, 2.05) is 24.3 Å². The number of carbonyl (C=O) groups excluding carboxylic acids is 2. The summed E-state index contributed by atoms with van der Waals surface area (Å²) in [4.78, 5) is 35.7. The van der Waals surface area contributed by atoms with E-state index >= 15 is 0 Å². The third kappa shape index (κ3) is 6.24. The minimum atomic E-state index is -0.601. The van der Waals surface area contributed by atoms with Crippen molar-refractivity contribution in [2.24, 2.45) is 0 Å². The summed E-state index contributed by atoms with van der Waals surface area (Å²) in [6, 6.07) is 22.5. The smallest absolute Gasteiger partial charge is 0.412 e. The Labute approximate surface area is 214 Å². The van der Waals surface area contributed by atoms with Gasteiger partial charge in [0.25, 0.3) is 11.6 Å². The number of non-ortho nitro benzene ring substituents is 1. The van der Waals surface area contributed by atoms with Crippen LogP contribution in [0.1, 0.15) is 41.6 Å². The zero-order valence-corrected chi connectivity index (χ0v) is 20.5. The van der Waals surface area contributed by atoms with E-state index in [0.29, 0.717) is 30.7 Å². The number of nitro benzene ring substituents is 1. The molecule has 2 N–H and O–H groups in total. The molecule has 1 fully saturated rings. The van der Waals surface area contributed by atoms with Crippen LogP contribution in [0.25, 0.3) is 0 Å². The zero-order valence-electron chi connectivity index (χ0n) is 20.5. The van der Waals surface area contributed by atoms with Crippen molar-refractivity contribution in [2.75, 3.05) is 13.7 Å². The maximum atomic E-state index is 13.0. The highest BCUT2D eigenvalue weighted by Crippen LogP contribution is 2.39. The van der Waals surface area contributed by atoms with Crippen molar-refractivity contribution in [3.8, 4) is 11.5 Å². The van der Waals surface area contributed by atoms with Gasteiger partial charge >= 0.3 is 6.09 Å². The van der Waals surface area contributed by atoms with Crippen LogP contribution in [0.2, 0.25) is 0 Å². The lowest BCUT2D eigenvalue weighted by molar-refractivity contribution is -0.384. The van der Waals surface area contributed by atoms with E-state index in [1.54, 1.807) is 25.3 Å². The normalized spacial score (nSPS) is 18.9. The summed E-state index contributed by atoms with van der Waals surface area (Å²) in [6.45, 7) is 0.452. The fourth-order valence-electron chi connectivity index (χ4n) is 4.79. The third-order valence-electron chi connectivity index (χ3n) is 6.85. The molecule has 1 saturated carbocycles. The van der Waals surface area contributed by atoms with Crippen LogP contribution in [0, 0.1) is 10.1 Å². The van der Waals surface area contributed by atoms with E-state index in [0.717, 1.165) is 18.4 Å². The number of hydrogen-bond donors (Lipinski definition) is 2.